The molecule has 4 rings (SSSR count). The second-order valence-corrected chi connectivity index (χ2v) is 34.6. The van der Waals surface area contributed by atoms with Crippen LogP contribution in [0.4, 0.5) is 49.1 Å². The molecule has 0 fully saturated rings. The van der Waals surface area contributed by atoms with E-state index < -0.39 is 107 Å². The maximum absolute atomic E-state index is 13.1. The van der Waals surface area contributed by atoms with E-state index in [1.165, 1.54) is 24.3 Å². The predicted octanol–water partition coefficient (Wildman–Crippen LogP) is 7.99. The van der Waals surface area contributed by atoms with Crippen molar-refractivity contribution >= 4 is 98.8 Å². The minimum absolute atomic E-state index is 0.0642. The fourth-order valence-corrected chi connectivity index (χ4v) is 12.1. The monoisotopic (exact) mass is 1110 g/mol. The molecule has 2 amide bonds. The smallest absolute Gasteiger partial charge is 0.379 e. The Morgan fingerprint density at radius 3 is 1.26 bits per heavy atom. The van der Waals surface area contributed by atoms with Crippen molar-refractivity contribution in [2.24, 2.45) is 0 Å². The zero-order valence-corrected chi connectivity index (χ0v) is 39.3. The van der Waals surface area contributed by atoms with Crippen LogP contribution >= 0.6 is 22.6 Å². The zero-order chi connectivity index (χ0) is 46.6. The number of hydrogen-bond acceptors (Lipinski definition) is 8. The number of hydrogen-bond donors (Lipinski definition) is 4. The van der Waals surface area contributed by atoms with Gasteiger partial charge in [-0.15, -0.1) is 0 Å². The van der Waals surface area contributed by atoms with Crippen LogP contribution in [0.3, 0.4) is 0 Å². The van der Waals surface area contributed by atoms with Gasteiger partial charge in [-0.25, -0.2) is 18.1 Å². The van der Waals surface area contributed by atoms with Crippen LogP contribution in [-0.2, 0) is 41.6 Å². The Bertz CT molecular complexity index is 2600. The van der Waals surface area contributed by atoms with Crippen LogP contribution in [0, 0.1) is 16.7 Å². The molecule has 0 radical (unpaired) electrons. The minimum Gasteiger partial charge on any atom is -0.379 e. The Morgan fingerprint density at radius 2 is 0.967 bits per heavy atom. The van der Waals surface area contributed by atoms with E-state index >= 15 is 0 Å². The second-order valence-electron chi connectivity index (χ2n) is 14.9. The van der Waals surface area contributed by atoms with Crippen LogP contribution < -0.4 is 14.2 Å². The number of nitrogens with one attached hydrogen (secondary N) is 2. The number of amides is 2. The molecule has 0 saturated carbocycles. The van der Waals surface area contributed by atoms with Gasteiger partial charge in [0.15, 0.2) is 26.8 Å². The molecular formula is C39H37F6IN4O8S2Sn. The Balaban J connectivity index is 0.000000327. The third-order valence-corrected chi connectivity index (χ3v) is 19.0. The van der Waals surface area contributed by atoms with E-state index in [9.17, 15) is 63.0 Å². The van der Waals surface area contributed by atoms with Crippen LogP contribution in [0.5, 0.6) is 0 Å². The fourth-order valence-electron chi connectivity index (χ4n) is 5.25. The van der Waals surface area contributed by atoms with Gasteiger partial charge in [0.25, 0.3) is 5.91 Å². The molecule has 0 aliphatic carbocycles. The van der Waals surface area contributed by atoms with Crippen molar-refractivity contribution < 1.29 is 63.0 Å². The number of nitrogens with zero attached hydrogens (tertiary/aromatic N) is 2. The van der Waals surface area contributed by atoms with Gasteiger partial charge in [-0.1, -0.05) is 6.07 Å². The molecule has 0 aliphatic heterocycles. The molecule has 0 spiro atoms. The van der Waals surface area contributed by atoms with E-state index in [0.29, 0.717) is 12.1 Å². The molecule has 4 aromatic carbocycles. The maximum atomic E-state index is 13.1. The van der Waals surface area contributed by atoms with Crippen molar-refractivity contribution in [3.8, 4) is 0 Å². The minimum atomic E-state index is -4.82. The summed E-state index contributed by atoms with van der Waals surface area (Å²) < 4.78 is 131. The Labute approximate surface area is 365 Å². The number of halogens is 7. The Hall–Kier alpha value is -4.27. The average Bonchev–Trinajstić information content (AvgIpc) is 3.13. The molecule has 12 nitrogen and oxygen atoms in total. The van der Waals surface area contributed by atoms with E-state index in [1.54, 1.807) is 24.3 Å². The van der Waals surface area contributed by atoms with Crippen LogP contribution in [0.1, 0.15) is 25.0 Å². The summed E-state index contributed by atoms with van der Waals surface area (Å²) in [7, 11) is -8.11. The summed E-state index contributed by atoms with van der Waals surface area (Å²) in [4.78, 5) is 36.8. The van der Waals surface area contributed by atoms with Gasteiger partial charge in [-0.2, -0.15) is 26.3 Å². The first kappa shape index (κ1) is 51.1. The van der Waals surface area contributed by atoms with E-state index in [4.69, 9.17) is 13.1 Å². The van der Waals surface area contributed by atoms with Gasteiger partial charge >= 0.3 is 165 Å². The average molecular weight is 1110 g/mol. The van der Waals surface area contributed by atoms with Gasteiger partial charge in [0.2, 0.25) is 0 Å². The number of aliphatic hydroxyl groups is 2. The van der Waals surface area contributed by atoms with Crippen LogP contribution in [-0.4, -0.2) is 79.9 Å². The summed E-state index contributed by atoms with van der Waals surface area (Å²) in [5.74, 6) is -4.32. The normalized spacial score (nSPS) is 14.2. The van der Waals surface area contributed by atoms with Crippen LogP contribution in [0.15, 0.2) is 94.7 Å². The summed E-state index contributed by atoms with van der Waals surface area (Å²) in [6.45, 7) is 15.6. The molecule has 22 heteroatoms. The van der Waals surface area contributed by atoms with E-state index in [1.807, 2.05) is 22.6 Å². The Morgan fingerprint density at radius 1 is 0.639 bits per heavy atom. The van der Waals surface area contributed by atoms with E-state index in [0.717, 1.165) is 45.3 Å². The first-order chi connectivity index (χ1) is 27.7. The number of benzene rings is 4. The molecule has 0 heterocycles. The molecule has 61 heavy (non-hydrogen) atoms. The van der Waals surface area contributed by atoms with Crippen molar-refractivity contribution in [2.75, 3.05) is 22.1 Å². The quantitative estimate of drug-likeness (QED) is 0.0506. The van der Waals surface area contributed by atoms with Crippen molar-refractivity contribution in [3.05, 3.63) is 122 Å². The van der Waals surface area contributed by atoms with Crippen molar-refractivity contribution in [2.45, 2.75) is 62.0 Å². The Kier molecular flexibility index (Phi) is 15.9. The molecule has 4 aromatic rings. The number of sulfone groups is 2. The van der Waals surface area contributed by atoms with Gasteiger partial charge in [-0.05, 0) is 65.9 Å². The zero-order valence-electron chi connectivity index (χ0n) is 32.7. The van der Waals surface area contributed by atoms with Gasteiger partial charge in [0.05, 0.1) is 29.4 Å². The predicted molar refractivity (Wildman–Crippen MR) is 227 cm³/mol. The molecule has 0 saturated heterocycles. The summed E-state index contributed by atoms with van der Waals surface area (Å²) in [5.41, 5.74) is -9.29. The second kappa shape index (κ2) is 19.0. The SMILES string of the molecule is [C-]#[N+]c1ccc(NC(=O)[C@@](C)(O)CS(=O)(=O)c2cc[c]([Sn]([CH3])([CH3])[CH3])cc2)cc1C(F)(F)F.[C-]#[N+]c1ccc(NC(=O)[C@@](C)(O)CS(=O)(=O)c2ccc([125I])cc2)cc1C(F)(F)F. The number of carbonyl (C=O) groups is 2. The fraction of sp³-hybridized carbons (Fsp3) is 0.282. The first-order valence-electron chi connectivity index (χ1n) is 17.3. The number of rotatable bonds is 11. The molecule has 0 aliphatic rings. The molecule has 0 unspecified atom stereocenters. The van der Waals surface area contributed by atoms with E-state index in [-0.39, 0.29) is 21.2 Å². The van der Waals surface area contributed by atoms with Crippen molar-refractivity contribution in [3.63, 3.8) is 0 Å². The van der Waals surface area contributed by atoms with Gasteiger partial charge in [-0.3, -0.25) is 4.79 Å². The van der Waals surface area contributed by atoms with Gasteiger partial charge < -0.3 is 10.4 Å². The van der Waals surface area contributed by atoms with Gasteiger partial charge in [0.1, 0.15) is 0 Å². The molecular weight excluding hydrogens is 1070 g/mol. The third-order valence-electron chi connectivity index (χ3n) is 8.53. The summed E-state index contributed by atoms with van der Waals surface area (Å²) in [6.07, 6.45) is -9.65. The van der Waals surface area contributed by atoms with Crippen molar-refractivity contribution in [1.29, 1.82) is 0 Å². The molecule has 2 atom stereocenters. The van der Waals surface area contributed by atoms with Gasteiger partial charge in [0, 0.05) is 9.26 Å². The number of carbonyl (C=O) groups excluding carboxylic acids is 2. The molecule has 326 valence electrons. The summed E-state index contributed by atoms with van der Waals surface area (Å²) in [5, 5.41) is 25.0. The standard InChI is InChI=1S/C18H14F3IN2O4S.C18H14F3N2O4S.3CH3.Sn/c1-17(26,10-29(27,28)13-6-3-11(22)4-7-13)16(25)24-12-5-8-15(23-2)14(9-12)18(19,20)21;1-17(25,11-28(26,27)13-6-4-3-5-7-13)16(24)23-12-8-9-15(22-2)14(10-12)18(19,20)21;;;;/h3-9,26H,10H2,1H3,(H,24,25);4-10,25H,11H2,1H3,(H,23,24);3*1H3;/t2*17-;;;;/m00..../s1/i22-2;;;;;. The molecule has 0 aromatic heterocycles. The third kappa shape index (κ3) is 13.9. The van der Waals surface area contributed by atoms with Crippen LogP contribution in [0.25, 0.3) is 9.69 Å². The summed E-state index contributed by atoms with van der Waals surface area (Å²) in [6, 6.07) is 17.1. The molecule has 4 N–H and O–H groups in total. The van der Waals surface area contributed by atoms with Crippen molar-refractivity contribution in [1.82, 2.24) is 0 Å². The number of anilines is 2. The molecule has 0 bridgehead atoms. The topological polar surface area (TPSA) is 176 Å². The first-order valence-corrected chi connectivity index (χ1v) is 31.7. The number of alkyl halides is 6. The van der Waals surface area contributed by atoms with Crippen LogP contribution in [0.2, 0.25) is 14.8 Å². The summed E-state index contributed by atoms with van der Waals surface area (Å²) >= 11 is -0.417. The van der Waals surface area contributed by atoms with E-state index in [2.05, 4.69) is 35.1 Å².